The van der Waals surface area contributed by atoms with Gasteiger partial charge in [0.25, 0.3) is 0 Å². The van der Waals surface area contributed by atoms with Gasteiger partial charge in [-0.15, -0.1) is 22.7 Å². The van der Waals surface area contributed by atoms with Crippen molar-refractivity contribution in [2.24, 2.45) is 0 Å². The molecule has 0 spiro atoms. The van der Waals surface area contributed by atoms with E-state index in [2.05, 4.69) is 0 Å². The van der Waals surface area contributed by atoms with E-state index in [-0.39, 0.29) is 109 Å². The van der Waals surface area contributed by atoms with E-state index in [1.807, 2.05) is 103 Å². The molecule has 0 aliphatic carbocycles. The van der Waals surface area contributed by atoms with Crippen LogP contribution >= 0.6 is 22.7 Å². The van der Waals surface area contributed by atoms with Crippen LogP contribution in [0.5, 0.6) is 0 Å². The summed E-state index contributed by atoms with van der Waals surface area (Å²) in [6.45, 7) is 0. The SMILES string of the molecule is [2H]c1cc(-c2cccc(-c3c([2H])c([2H])c([2H])c4sc5c([2H])c(-c6cc(-c7ccc(-c8ccccc8)cc7)cc(-c7cccc8c7sc7c(-c9c([2H])c([2H])c([2H])c([2H])c9[2H])cccc78)c6)c([2H])c([2H])c5c34)c2)c([2H])c([2H])c1[2H]. The van der Waals surface area contributed by atoms with Crippen LogP contribution in [-0.4, -0.2) is 0 Å². The summed E-state index contributed by atoms with van der Waals surface area (Å²) in [5.74, 6) is 0. The number of fused-ring (bicyclic) bond motifs is 6. The van der Waals surface area contributed by atoms with Crippen LogP contribution in [0.1, 0.15) is 20.6 Å². The van der Waals surface area contributed by atoms with E-state index in [4.69, 9.17) is 15.1 Å². The quantitative estimate of drug-likeness (QED) is 0.150. The van der Waals surface area contributed by atoms with Gasteiger partial charge in [-0.25, -0.2) is 0 Å². The van der Waals surface area contributed by atoms with E-state index in [1.54, 1.807) is 30.3 Å². The van der Waals surface area contributed by atoms with Crippen molar-refractivity contribution in [3.8, 4) is 77.9 Å². The number of hydrogen-bond donors (Lipinski definition) is 0. The smallest absolute Gasteiger partial charge is 0.0644 e. The first-order valence-corrected chi connectivity index (χ1v) is 21.6. The van der Waals surface area contributed by atoms with Crippen LogP contribution in [-0.2, 0) is 0 Å². The summed E-state index contributed by atoms with van der Waals surface area (Å²) >= 11 is 2.49. The molecule has 0 atom stereocenters. The van der Waals surface area contributed by atoms with E-state index in [0.29, 0.717) is 22.3 Å². The molecule has 0 unspecified atom stereocenters. The first kappa shape index (κ1) is 24.2. The maximum absolute atomic E-state index is 10.0. The van der Waals surface area contributed by atoms with E-state index >= 15 is 0 Å². The molecule has 290 valence electrons. The van der Waals surface area contributed by atoms with Crippen LogP contribution in [0.4, 0.5) is 0 Å². The highest BCUT2D eigenvalue weighted by Crippen LogP contribution is 2.46. The molecule has 2 heterocycles. The van der Waals surface area contributed by atoms with Crippen molar-refractivity contribution in [1.82, 2.24) is 0 Å². The molecule has 62 heavy (non-hydrogen) atoms. The number of rotatable bonds is 7. The molecule has 0 nitrogen and oxygen atoms in total. The number of thiophene rings is 2. The second kappa shape index (κ2) is 15.3. The number of benzene rings is 10. The fraction of sp³-hybridized carbons (Fsp3) is 0. The van der Waals surface area contributed by atoms with Gasteiger partial charge in [0.05, 0.1) is 20.6 Å². The molecule has 0 fully saturated rings. The molecule has 2 aromatic heterocycles. The molecule has 0 saturated carbocycles. The molecule has 10 aromatic carbocycles. The summed E-state index contributed by atoms with van der Waals surface area (Å²) in [5.41, 5.74) is 7.66. The van der Waals surface area contributed by atoms with Gasteiger partial charge in [0, 0.05) is 40.3 Å². The highest BCUT2D eigenvalue weighted by molar-refractivity contribution is 7.27. The summed E-state index contributed by atoms with van der Waals surface area (Å²) in [5, 5.41) is 2.17. The molecule has 12 aromatic rings. The summed E-state index contributed by atoms with van der Waals surface area (Å²) in [7, 11) is 0. The molecule has 0 N–H and O–H groups in total. The maximum Gasteiger partial charge on any atom is 0.0644 e. The van der Waals surface area contributed by atoms with Gasteiger partial charge in [0.15, 0.2) is 0 Å². The van der Waals surface area contributed by atoms with Crippen LogP contribution in [0.2, 0.25) is 0 Å². The summed E-state index contributed by atoms with van der Waals surface area (Å²) in [6.07, 6.45) is 0. The Labute approximate surface area is 390 Å². The third-order valence-corrected chi connectivity index (χ3v) is 13.5. The zero-order chi connectivity index (χ0) is 54.0. The average molecular weight is 838 g/mol. The van der Waals surface area contributed by atoms with Crippen molar-refractivity contribution in [1.29, 1.82) is 0 Å². The summed E-state index contributed by atoms with van der Waals surface area (Å²) < 4.78 is 135. The lowest BCUT2D eigenvalue weighted by Gasteiger charge is -2.13. The monoisotopic (exact) mass is 837 g/mol. The molecule has 0 aliphatic rings. The third kappa shape index (κ3) is 6.44. The van der Waals surface area contributed by atoms with Crippen molar-refractivity contribution < 1.29 is 20.6 Å². The molecule has 12 rings (SSSR count). The summed E-state index contributed by atoms with van der Waals surface area (Å²) in [4.78, 5) is 0. The lowest BCUT2D eigenvalue weighted by Crippen LogP contribution is -1.87. The number of hydrogen-bond acceptors (Lipinski definition) is 2. The molecule has 0 aliphatic heterocycles. The van der Waals surface area contributed by atoms with Gasteiger partial charge in [0.1, 0.15) is 0 Å². The average Bonchev–Trinajstić information content (AvgIpc) is 4.27. The van der Waals surface area contributed by atoms with Crippen molar-refractivity contribution in [2.75, 3.05) is 0 Å². The van der Waals surface area contributed by atoms with Crippen LogP contribution in [0.3, 0.4) is 0 Å². The third-order valence-electron chi connectivity index (χ3n) is 11.2. The van der Waals surface area contributed by atoms with Gasteiger partial charge < -0.3 is 0 Å². The van der Waals surface area contributed by atoms with Crippen molar-refractivity contribution in [3.63, 3.8) is 0 Å². The predicted octanol–water partition coefficient (Wildman–Crippen LogP) is 18.1. The standard InChI is InChI=1S/C60H38S2/c1-4-14-39(15-5-1)41-28-30-42(31-29-41)47-35-48(37-49(36-47)52-24-12-26-54-53-25-11-23-51(59(53)62-60(52)54)43-18-8-3-9-19-43)45-32-33-55-57(38-45)61-56-27-13-22-50(58(55)56)46-21-10-20-44(34-46)40-16-6-2-7-17-40/h1-38H/i2D,3D,6D,7D,8D,9D,13D,16D,18D,19D,22D,27D,32D,33D,38D. The molecule has 0 bridgehead atoms. The van der Waals surface area contributed by atoms with Crippen LogP contribution in [0, 0.1) is 0 Å². The van der Waals surface area contributed by atoms with Crippen molar-refractivity contribution >= 4 is 63.0 Å². The lowest BCUT2D eigenvalue weighted by molar-refractivity contribution is 1.58. The Morgan fingerprint density at radius 2 is 0.887 bits per heavy atom. The van der Waals surface area contributed by atoms with E-state index in [9.17, 15) is 5.48 Å². The molecule has 0 amide bonds. The largest absolute Gasteiger partial charge is 0.135 e. The Morgan fingerprint density at radius 1 is 0.290 bits per heavy atom. The van der Waals surface area contributed by atoms with Gasteiger partial charge >= 0.3 is 0 Å². The van der Waals surface area contributed by atoms with E-state index < -0.39 is 24.2 Å². The first-order valence-electron chi connectivity index (χ1n) is 27.4. The van der Waals surface area contributed by atoms with Gasteiger partial charge in [-0.2, -0.15) is 0 Å². The molecule has 2 heteroatoms. The topological polar surface area (TPSA) is 0 Å². The van der Waals surface area contributed by atoms with Crippen LogP contribution in [0.15, 0.2) is 230 Å². The van der Waals surface area contributed by atoms with E-state index in [0.717, 1.165) is 64.9 Å². The molecular weight excluding hydrogens is 785 g/mol. The first-order chi connectivity index (χ1) is 36.9. The molecular formula is C60H38S2. The van der Waals surface area contributed by atoms with Crippen molar-refractivity contribution in [3.05, 3.63) is 230 Å². The fourth-order valence-corrected chi connectivity index (χ4v) is 10.7. The van der Waals surface area contributed by atoms with Gasteiger partial charge in [0.2, 0.25) is 0 Å². The Hall–Kier alpha value is -7.36. The zero-order valence-electron chi connectivity index (χ0n) is 47.6. The Kier molecular flexibility index (Phi) is 5.96. The summed E-state index contributed by atoms with van der Waals surface area (Å²) in [6, 6.07) is 38.7. The Bertz CT molecular complexity index is 4480. The lowest BCUT2D eigenvalue weighted by atomic mass is 9.91. The van der Waals surface area contributed by atoms with Crippen molar-refractivity contribution in [2.45, 2.75) is 0 Å². The fourth-order valence-electron chi connectivity index (χ4n) is 8.29. The minimum atomic E-state index is -0.472. The van der Waals surface area contributed by atoms with Crippen LogP contribution < -0.4 is 0 Å². The van der Waals surface area contributed by atoms with E-state index in [1.165, 1.54) is 17.4 Å². The highest BCUT2D eigenvalue weighted by Gasteiger charge is 2.17. The van der Waals surface area contributed by atoms with Gasteiger partial charge in [-0.3, -0.25) is 0 Å². The van der Waals surface area contributed by atoms with Crippen LogP contribution in [0.25, 0.3) is 118 Å². The minimum absolute atomic E-state index is 0.0782. The van der Waals surface area contributed by atoms with Gasteiger partial charge in [-0.05, 0) is 114 Å². The normalized spacial score (nSPS) is 14.9. The molecule has 0 saturated heterocycles. The Balaban J connectivity index is 1.09. The molecule has 0 radical (unpaired) electrons. The Morgan fingerprint density at radius 3 is 1.66 bits per heavy atom. The predicted molar refractivity (Wildman–Crippen MR) is 270 cm³/mol. The second-order valence-corrected chi connectivity index (χ2v) is 16.9. The second-order valence-electron chi connectivity index (χ2n) is 14.9. The zero-order valence-corrected chi connectivity index (χ0v) is 34.2. The maximum atomic E-state index is 10.0. The van der Waals surface area contributed by atoms with Gasteiger partial charge in [-0.1, -0.05) is 194 Å². The highest BCUT2D eigenvalue weighted by atomic mass is 32.1. The minimum Gasteiger partial charge on any atom is -0.135 e.